The molecule has 4 heteroatoms. The molecule has 1 fully saturated rings. The van der Waals surface area contributed by atoms with E-state index in [-0.39, 0.29) is 6.10 Å². The largest absolute Gasteiger partial charge is 0.388 e. The third-order valence-corrected chi connectivity index (χ3v) is 6.16. The third kappa shape index (κ3) is 2.86. The van der Waals surface area contributed by atoms with Crippen LogP contribution in [0.25, 0.3) is 0 Å². The maximum atomic E-state index is 10.1. The molecule has 1 aromatic heterocycles. The highest BCUT2D eigenvalue weighted by molar-refractivity contribution is 7.15. The molecule has 2 atom stereocenters. The second-order valence-corrected chi connectivity index (χ2v) is 7.65. The fourth-order valence-electron chi connectivity index (χ4n) is 3.50. The van der Waals surface area contributed by atoms with E-state index >= 15 is 0 Å². The maximum Gasteiger partial charge on any atom is 0.185 e. The van der Waals surface area contributed by atoms with Gasteiger partial charge in [-0.25, -0.2) is 4.98 Å². The molecule has 1 saturated heterocycles. The van der Waals surface area contributed by atoms with Crippen molar-refractivity contribution in [1.29, 1.82) is 0 Å². The molecule has 0 radical (unpaired) electrons. The van der Waals surface area contributed by atoms with Crippen LogP contribution in [0.4, 0.5) is 5.13 Å². The number of nitrogens with zero attached hydrogens (tertiary/aromatic N) is 2. The summed E-state index contributed by atoms with van der Waals surface area (Å²) in [6, 6.07) is 0. The summed E-state index contributed by atoms with van der Waals surface area (Å²) in [5, 5.41) is 11.2. The van der Waals surface area contributed by atoms with E-state index in [0.717, 1.165) is 59.9 Å². The van der Waals surface area contributed by atoms with Crippen molar-refractivity contribution < 1.29 is 5.11 Å². The summed E-state index contributed by atoms with van der Waals surface area (Å²) in [6.45, 7) is 6.95. The van der Waals surface area contributed by atoms with Gasteiger partial charge in [-0.15, -0.1) is 0 Å². The molecule has 112 valence electrons. The van der Waals surface area contributed by atoms with Gasteiger partial charge in [0.25, 0.3) is 0 Å². The van der Waals surface area contributed by atoms with Crippen molar-refractivity contribution in [2.24, 2.45) is 11.8 Å². The van der Waals surface area contributed by atoms with Crippen LogP contribution in [-0.4, -0.2) is 23.2 Å². The van der Waals surface area contributed by atoms with Gasteiger partial charge in [-0.05, 0) is 50.4 Å². The molecule has 1 aliphatic heterocycles. The minimum Gasteiger partial charge on any atom is -0.388 e. The van der Waals surface area contributed by atoms with E-state index < -0.39 is 0 Å². The van der Waals surface area contributed by atoms with Gasteiger partial charge in [-0.3, -0.25) is 0 Å². The predicted octanol–water partition coefficient (Wildman–Crippen LogP) is 3.78. The van der Waals surface area contributed by atoms with Crippen molar-refractivity contribution >= 4 is 16.5 Å². The molecule has 2 aliphatic rings. The Hall–Kier alpha value is -0.610. The molecule has 1 aromatic rings. The SMILES string of the molecule is CC(C)C1CCCN(c2nc3c(s2)C(O)CCC3)CC1. The zero-order valence-corrected chi connectivity index (χ0v) is 13.5. The summed E-state index contributed by atoms with van der Waals surface area (Å²) in [5.74, 6) is 1.65. The number of thiazole rings is 1. The normalized spacial score (nSPS) is 27.5. The maximum absolute atomic E-state index is 10.1. The second kappa shape index (κ2) is 6.02. The Morgan fingerprint density at radius 2 is 2.05 bits per heavy atom. The average Bonchev–Trinajstić information content (AvgIpc) is 2.70. The van der Waals surface area contributed by atoms with Gasteiger partial charge in [0, 0.05) is 13.1 Å². The number of aliphatic hydroxyl groups excluding tert-OH is 1. The molecule has 0 bridgehead atoms. The van der Waals surface area contributed by atoms with Crippen molar-refractivity contribution in [2.45, 2.75) is 58.5 Å². The minimum atomic E-state index is -0.264. The van der Waals surface area contributed by atoms with E-state index in [9.17, 15) is 5.11 Å². The first-order valence-electron chi connectivity index (χ1n) is 8.07. The molecule has 0 spiro atoms. The molecule has 0 aromatic carbocycles. The van der Waals surface area contributed by atoms with Crippen LogP contribution in [-0.2, 0) is 6.42 Å². The van der Waals surface area contributed by atoms with E-state index in [4.69, 9.17) is 4.98 Å². The second-order valence-electron chi connectivity index (χ2n) is 6.64. The van der Waals surface area contributed by atoms with Gasteiger partial charge in [0.1, 0.15) is 0 Å². The van der Waals surface area contributed by atoms with Crippen molar-refractivity contribution in [3.8, 4) is 0 Å². The van der Waals surface area contributed by atoms with Crippen LogP contribution in [0.3, 0.4) is 0 Å². The van der Waals surface area contributed by atoms with Gasteiger partial charge in [0.05, 0.1) is 16.7 Å². The first-order valence-corrected chi connectivity index (χ1v) is 8.89. The lowest BCUT2D eigenvalue weighted by molar-refractivity contribution is 0.160. The fourth-order valence-corrected chi connectivity index (χ4v) is 4.68. The molecular formula is C16H26N2OS. The molecule has 1 aliphatic carbocycles. The number of hydrogen-bond acceptors (Lipinski definition) is 4. The summed E-state index contributed by atoms with van der Waals surface area (Å²) in [5.41, 5.74) is 1.16. The predicted molar refractivity (Wildman–Crippen MR) is 84.4 cm³/mol. The van der Waals surface area contributed by atoms with Gasteiger partial charge in [0.2, 0.25) is 0 Å². The van der Waals surface area contributed by atoms with Gasteiger partial charge < -0.3 is 10.0 Å². The zero-order chi connectivity index (χ0) is 14.1. The van der Waals surface area contributed by atoms with Gasteiger partial charge in [0.15, 0.2) is 5.13 Å². The highest BCUT2D eigenvalue weighted by atomic mass is 32.1. The number of hydrogen-bond donors (Lipinski definition) is 1. The Labute approximate surface area is 126 Å². The number of aryl methyl sites for hydroxylation is 1. The monoisotopic (exact) mass is 294 g/mol. The van der Waals surface area contributed by atoms with Crippen LogP contribution in [0, 0.1) is 11.8 Å². The first kappa shape index (κ1) is 14.3. The first-order chi connectivity index (χ1) is 9.65. The summed E-state index contributed by atoms with van der Waals surface area (Å²) in [4.78, 5) is 8.41. The zero-order valence-electron chi connectivity index (χ0n) is 12.6. The van der Waals surface area contributed by atoms with Crippen LogP contribution >= 0.6 is 11.3 Å². The summed E-state index contributed by atoms with van der Waals surface area (Å²) < 4.78 is 0. The Morgan fingerprint density at radius 3 is 2.80 bits per heavy atom. The topological polar surface area (TPSA) is 36.4 Å². The lowest BCUT2D eigenvalue weighted by Gasteiger charge is -2.20. The molecule has 2 heterocycles. The van der Waals surface area contributed by atoms with E-state index in [0.29, 0.717) is 0 Å². The summed E-state index contributed by atoms with van der Waals surface area (Å²) in [7, 11) is 0. The van der Waals surface area contributed by atoms with Crippen molar-refractivity contribution in [1.82, 2.24) is 4.98 Å². The lowest BCUT2D eigenvalue weighted by atomic mass is 9.89. The Bertz CT molecular complexity index is 457. The van der Waals surface area contributed by atoms with Gasteiger partial charge >= 0.3 is 0 Å². The van der Waals surface area contributed by atoms with E-state index in [1.807, 2.05) is 0 Å². The number of anilines is 1. The number of aromatic nitrogens is 1. The standard InChI is InChI=1S/C16H26N2OS/c1-11(2)12-5-4-9-18(10-8-12)16-17-13-6-3-7-14(19)15(13)20-16/h11-12,14,19H,3-10H2,1-2H3. The Kier molecular flexibility index (Phi) is 4.32. The van der Waals surface area contributed by atoms with Gasteiger partial charge in [-0.2, -0.15) is 0 Å². The molecule has 3 rings (SSSR count). The molecule has 1 N–H and O–H groups in total. The fraction of sp³-hybridized carbons (Fsp3) is 0.812. The van der Waals surface area contributed by atoms with E-state index in [2.05, 4.69) is 18.7 Å². The van der Waals surface area contributed by atoms with Crippen LogP contribution in [0.2, 0.25) is 0 Å². The number of aliphatic hydroxyl groups is 1. The van der Waals surface area contributed by atoms with Crippen LogP contribution in [0.5, 0.6) is 0 Å². The number of rotatable bonds is 2. The molecule has 0 saturated carbocycles. The number of fused-ring (bicyclic) bond motifs is 1. The smallest absolute Gasteiger partial charge is 0.185 e. The Balaban J connectivity index is 1.73. The van der Waals surface area contributed by atoms with Crippen molar-refractivity contribution in [3.63, 3.8) is 0 Å². The molecule has 3 nitrogen and oxygen atoms in total. The highest BCUT2D eigenvalue weighted by Gasteiger charge is 2.26. The van der Waals surface area contributed by atoms with Crippen LogP contribution in [0.15, 0.2) is 0 Å². The minimum absolute atomic E-state index is 0.264. The van der Waals surface area contributed by atoms with E-state index in [1.165, 1.54) is 19.3 Å². The quantitative estimate of drug-likeness (QED) is 0.902. The molecule has 2 unspecified atom stereocenters. The molecule has 0 amide bonds. The molecule has 20 heavy (non-hydrogen) atoms. The highest BCUT2D eigenvalue weighted by Crippen LogP contribution is 2.38. The Morgan fingerprint density at radius 1 is 1.20 bits per heavy atom. The van der Waals surface area contributed by atoms with Crippen LogP contribution in [0.1, 0.15) is 62.6 Å². The van der Waals surface area contributed by atoms with Gasteiger partial charge in [-0.1, -0.05) is 25.2 Å². The summed E-state index contributed by atoms with van der Waals surface area (Å²) >= 11 is 1.73. The summed E-state index contributed by atoms with van der Waals surface area (Å²) in [6.07, 6.45) is 6.67. The van der Waals surface area contributed by atoms with Crippen molar-refractivity contribution in [2.75, 3.05) is 18.0 Å². The third-order valence-electron chi connectivity index (χ3n) is 4.90. The van der Waals surface area contributed by atoms with E-state index in [1.54, 1.807) is 11.3 Å². The lowest BCUT2D eigenvalue weighted by Crippen LogP contribution is -2.24. The average molecular weight is 294 g/mol. The van der Waals surface area contributed by atoms with Crippen molar-refractivity contribution in [3.05, 3.63) is 10.6 Å². The van der Waals surface area contributed by atoms with Crippen LogP contribution < -0.4 is 4.90 Å². The molecular weight excluding hydrogens is 268 g/mol.